The van der Waals surface area contributed by atoms with Gasteiger partial charge in [-0.05, 0) is 25.7 Å². The van der Waals surface area contributed by atoms with E-state index in [0.717, 1.165) is 25.7 Å². The van der Waals surface area contributed by atoms with E-state index >= 15 is 0 Å². The molecule has 6 nitrogen and oxygen atoms in total. The molecule has 3 rings (SSSR count). The van der Waals surface area contributed by atoms with Crippen molar-refractivity contribution in [1.82, 2.24) is 9.78 Å². The van der Waals surface area contributed by atoms with Gasteiger partial charge in [0.05, 0.1) is 24.4 Å². The molecule has 1 atom stereocenters. The van der Waals surface area contributed by atoms with Crippen LogP contribution in [0.3, 0.4) is 0 Å². The van der Waals surface area contributed by atoms with E-state index in [2.05, 4.69) is 5.10 Å². The summed E-state index contributed by atoms with van der Waals surface area (Å²) in [5.41, 5.74) is 0.0978. The van der Waals surface area contributed by atoms with Gasteiger partial charge < -0.3 is 4.74 Å². The Morgan fingerprint density at radius 2 is 2.16 bits per heavy atom. The Labute approximate surface area is 113 Å². The number of aromatic nitrogens is 2. The van der Waals surface area contributed by atoms with Gasteiger partial charge in [-0.2, -0.15) is 5.10 Å². The summed E-state index contributed by atoms with van der Waals surface area (Å²) in [6, 6.07) is 0. The quantitative estimate of drug-likeness (QED) is 0.898. The third kappa shape index (κ3) is 2.68. The lowest BCUT2D eigenvalue weighted by Gasteiger charge is -2.23. The predicted octanol–water partition coefficient (Wildman–Crippen LogP) is 1.02. The summed E-state index contributed by atoms with van der Waals surface area (Å²) in [4.78, 5) is 0.0566. The fraction of sp³-hybridized carbons (Fsp3) is 0.750. The van der Waals surface area contributed by atoms with Crippen LogP contribution in [0.25, 0.3) is 0 Å². The summed E-state index contributed by atoms with van der Waals surface area (Å²) in [6.45, 7) is 0.595. The number of rotatable bonds is 3. The van der Waals surface area contributed by atoms with Crippen molar-refractivity contribution >= 4 is 10.0 Å². The van der Waals surface area contributed by atoms with Crippen LogP contribution in [0.2, 0.25) is 0 Å². The zero-order valence-corrected chi connectivity index (χ0v) is 11.6. The van der Waals surface area contributed by atoms with Crippen molar-refractivity contribution in [2.75, 3.05) is 0 Å². The van der Waals surface area contributed by atoms with Gasteiger partial charge in [0.25, 0.3) is 0 Å². The molecule has 1 aliphatic heterocycles. The second-order valence-corrected chi connectivity index (χ2v) is 7.17. The maximum Gasteiger partial charge on any atom is 0.241 e. The number of hydrogen-bond donors (Lipinski definition) is 1. The molecule has 1 aromatic heterocycles. The molecule has 0 bridgehead atoms. The average Bonchev–Trinajstić information content (AvgIpc) is 3.01. The SMILES string of the molecule is NS(=O)(=O)c1cnn(CC2CCC3(CCCC3)O2)c1. The Morgan fingerprint density at radius 3 is 2.79 bits per heavy atom. The summed E-state index contributed by atoms with van der Waals surface area (Å²) in [5.74, 6) is 0. The van der Waals surface area contributed by atoms with Crippen LogP contribution in [0.1, 0.15) is 38.5 Å². The second-order valence-electron chi connectivity index (χ2n) is 5.61. The number of nitrogens with two attached hydrogens (primary N) is 1. The van der Waals surface area contributed by atoms with Gasteiger partial charge >= 0.3 is 0 Å². The van der Waals surface area contributed by atoms with Crippen molar-refractivity contribution < 1.29 is 13.2 Å². The molecule has 1 saturated carbocycles. The van der Waals surface area contributed by atoms with E-state index in [1.54, 1.807) is 4.68 Å². The minimum Gasteiger partial charge on any atom is -0.370 e. The van der Waals surface area contributed by atoms with Crippen molar-refractivity contribution in [3.05, 3.63) is 12.4 Å². The summed E-state index contributed by atoms with van der Waals surface area (Å²) < 4.78 is 30.1. The Bertz CT molecular complexity index is 561. The van der Waals surface area contributed by atoms with E-state index in [-0.39, 0.29) is 16.6 Å². The van der Waals surface area contributed by atoms with E-state index in [4.69, 9.17) is 9.88 Å². The summed E-state index contributed by atoms with van der Waals surface area (Å²) in [7, 11) is -3.66. The molecule has 2 heterocycles. The molecule has 0 aromatic carbocycles. The maximum atomic E-state index is 11.2. The average molecular weight is 285 g/mol. The van der Waals surface area contributed by atoms with Crippen molar-refractivity contribution in [3.63, 3.8) is 0 Å². The van der Waals surface area contributed by atoms with E-state index in [1.807, 2.05) is 0 Å². The topological polar surface area (TPSA) is 87.2 Å². The van der Waals surface area contributed by atoms with E-state index in [1.165, 1.54) is 25.2 Å². The third-order valence-corrected chi connectivity index (χ3v) is 5.05. The van der Waals surface area contributed by atoms with Crippen molar-refractivity contribution in [2.24, 2.45) is 5.14 Å². The van der Waals surface area contributed by atoms with Crippen molar-refractivity contribution in [2.45, 2.75) is 61.7 Å². The van der Waals surface area contributed by atoms with Crippen LogP contribution in [0, 0.1) is 0 Å². The van der Waals surface area contributed by atoms with Crippen molar-refractivity contribution in [1.29, 1.82) is 0 Å². The monoisotopic (exact) mass is 285 g/mol. The third-order valence-electron chi connectivity index (χ3n) is 4.18. The van der Waals surface area contributed by atoms with E-state index < -0.39 is 10.0 Å². The molecule has 1 unspecified atom stereocenters. The summed E-state index contributed by atoms with van der Waals surface area (Å²) in [6.07, 6.45) is 9.84. The molecule has 1 aliphatic carbocycles. The molecular weight excluding hydrogens is 266 g/mol. The van der Waals surface area contributed by atoms with Gasteiger partial charge in [0.1, 0.15) is 4.90 Å². The van der Waals surface area contributed by atoms with Gasteiger partial charge in [0.15, 0.2) is 0 Å². The van der Waals surface area contributed by atoms with Gasteiger partial charge in [-0.25, -0.2) is 13.6 Å². The standard InChI is InChI=1S/C12H19N3O3S/c13-19(16,17)11-7-14-15(9-11)8-10-3-6-12(18-10)4-1-2-5-12/h7,9-10H,1-6,8H2,(H2,13,16,17). The molecule has 2 aliphatic rings. The Kier molecular flexibility index (Phi) is 3.15. The highest BCUT2D eigenvalue weighted by Gasteiger charge is 2.42. The summed E-state index contributed by atoms with van der Waals surface area (Å²) >= 11 is 0. The number of hydrogen-bond acceptors (Lipinski definition) is 4. The zero-order chi connectivity index (χ0) is 13.5. The first-order chi connectivity index (χ1) is 8.97. The lowest BCUT2D eigenvalue weighted by Crippen LogP contribution is -2.26. The van der Waals surface area contributed by atoms with E-state index in [0.29, 0.717) is 6.54 Å². The van der Waals surface area contributed by atoms with E-state index in [9.17, 15) is 8.42 Å². The normalized spacial score (nSPS) is 26.3. The molecule has 7 heteroatoms. The first-order valence-electron chi connectivity index (χ1n) is 6.70. The fourth-order valence-electron chi connectivity index (χ4n) is 3.21. The first kappa shape index (κ1) is 13.1. The smallest absolute Gasteiger partial charge is 0.241 e. The molecular formula is C12H19N3O3S. The van der Waals surface area contributed by atoms with Crippen LogP contribution in [-0.4, -0.2) is 29.9 Å². The van der Waals surface area contributed by atoms with Gasteiger partial charge in [-0.3, -0.25) is 4.68 Å². The number of primary sulfonamides is 1. The molecule has 0 amide bonds. The minimum atomic E-state index is -3.66. The first-order valence-corrected chi connectivity index (χ1v) is 8.25. The van der Waals surface area contributed by atoms with Gasteiger partial charge in [-0.15, -0.1) is 0 Å². The molecule has 106 valence electrons. The van der Waals surface area contributed by atoms with Crippen LogP contribution < -0.4 is 5.14 Å². The molecule has 1 spiro atoms. The van der Waals surface area contributed by atoms with Gasteiger partial charge in [0, 0.05) is 6.20 Å². The van der Waals surface area contributed by atoms with Crippen molar-refractivity contribution in [3.8, 4) is 0 Å². The highest BCUT2D eigenvalue weighted by atomic mass is 32.2. The molecule has 2 fully saturated rings. The van der Waals surface area contributed by atoms with Gasteiger partial charge in [0.2, 0.25) is 10.0 Å². The van der Waals surface area contributed by atoms with Crippen LogP contribution in [0.5, 0.6) is 0 Å². The lowest BCUT2D eigenvalue weighted by molar-refractivity contribution is -0.0429. The second kappa shape index (κ2) is 4.57. The minimum absolute atomic E-state index is 0.0566. The number of ether oxygens (including phenoxy) is 1. The molecule has 1 aromatic rings. The predicted molar refractivity (Wildman–Crippen MR) is 68.9 cm³/mol. The Morgan fingerprint density at radius 1 is 1.42 bits per heavy atom. The maximum absolute atomic E-state index is 11.2. The number of nitrogens with zero attached hydrogens (tertiary/aromatic N) is 2. The van der Waals surface area contributed by atoms with Crippen LogP contribution in [0.4, 0.5) is 0 Å². The van der Waals surface area contributed by atoms with Gasteiger partial charge in [-0.1, -0.05) is 12.8 Å². The zero-order valence-electron chi connectivity index (χ0n) is 10.8. The van der Waals surface area contributed by atoms with Crippen LogP contribution in [0.15, 0.2) is 17.3 Å². The fourth-order valence-corrected chi connectivity index (χ4v) is 3.67. The lowest BCUT2D eigenvalue weighted by atomic mass is 9.98. The van der Waals surface area contributed by atoms with Crippen LogP contribution in [-0.2, 0) is 21.3 Å². The molecule has 0 radical (unpaired) electrons. The molecule has 19 heavy (non-hydrogen) atoms. The summed E-state index contributed by atoms with van der Waals surface area (Å²) in [5, 5.41) is 9.10. The Balaban J connectivity index is 1.65. The number of sulfonamides is 1. The largest absolute Gasteiger partial charge is 0.370 e. The molecule has 2 N–H and O–H groups in total. The highest BCUT2D eigenvalue weighted by Crippen LogP contribution is 2.43. The highest BCUT2D eigenvalue weighted by molar-refractivity contribution is 7.89. The Hall–Kier alpha value is -0.920. The molecule has 1 saturated heterocycles. The van der Waals surface area contributed by atoms with Crippen LogP contribution >= 0.6 is 0 Å².